The van der Waals surface area contributed by atoms with E-state index in [1.54, 1.807) is 20.3 Å². The van der Waals surface area contributed by atoms with E-state index in [0.717, 1.165) is 55.0 Å². The van der Waals surface area contributed by atoms with Crippen LogP contribution in [-0.4, -0.2) is 51.7 Å². The van der Waals surface area contributed by atoms with Crippen LogP contribution in [0, 0.1) is 0 Å². The summed E-state index contributed by atoms with van der Waals surface area (Å²) in [5, 5.41) is 16.0. The van der Waals surface area contributed by atoms with E-state index in [9.17, 15) is 9.90 Å². The molecule has 0 spiro atoms. The Morgan fingerprint density at radius 3 is 2.45 bits per heavy atom. The summed E-state index contributed by atoms with van der Waals surface area (Å²) >= 11 is 0. The first kappa shape index (κ1) is 20.5. The molecule has 5 rings (SSSR count). The molecule has 7 nitrogen and oxygen atoms in total. The van der Waals surface area contributed by atoms with Crippen molar-refractivity contribution in [1.29, 1.82) is 0 Å². The zero-order chi connectivity index (χ0) is 21.6. The number of fused-ring (bicyclic) bond motifs is 2. The predicted octanol–water partition coefficient (Wildman–Crippen LogP) is 2.70. The molecule has 2 saturated heterocycles. The average molecular weight is 426 g/mol. The topological polar surface area (TPSA) is 76.8 Å². The minimum absolute atomic E-state index is 0.129. The Kier molecular flexibility index (Phi) is 5.26. The molecule has 3 fully saturated rings. The summed E-state index contributed by atoms with van der Waals surface area (Å²) in [5.74, 6) is 2.09. The van der Waals surface area contributed by atoms with E-state index in [1.165, 1.54) is 4.68 Å². The molecule has 166 valence electrons. The van der Waals surface area contributed by atoms with Gasteiger partial charge in [-0.1, -0.05) is 6.07 Å². The van der Waals surface area contributed by atoms with Crippen LogP contribution >= 0.6 is 0 Å². The molecule has 3 aliphatic rings. The van der Waals surface area contributed by atoms with Gasteiger partial charge >= 0.3 is 0 Å². The van der Waals surface area contributed by atoms with Gasteiger partial charge in [0.05, 0.1) is 32.1 Å². The molecule has 7 heteroatoms. The van der Waals surface area contributed by atoms with Crippen molar-refractivity contribution >= 4 is 0 Å². The zero-order valence-electron chi connectivity index (χ0n) is 18.3. The van der Waals surface area contributed by atoms with Crippen molar-refractivity contribution in [3.63, 3.8) is 0 Å². The third-order valence-electron chi connectivity index (χ3n) is 7.18. The number of benzene rings is 1. The first-order chi connectivity index (χ1) is 15.0. The molecule has 1 aromatic carbocycles. The number of rotatable bonds is 7. The Morgan fingerprint density at radius 2 is 1.81 bits per heavy atom. The minimum Gasteiger partial charge on any atom is -0.497 e. The summed E-state index contributed by atoms with van der Waals surface area (Å²) in [7, 11) is 3.34. The summed E-state index contributed by atoms with van der Waals surface area (Å²) in [6, 6.07) is 9.97. The van der Waals surface area contributed by atoms with Crippen LogP contribution in [0.4, 0.5) is 0 Å². The highest BCUT2D eigenvalue weighted by Crippen LogP contribution is 2.43. The van der Waals surface area contributed by atoms with Gasteiger partial charge in [-0.05, 0) is 50.7 Å². The summed E-state index contributed by atoms with van der Waals surface area (Å²) in [6.07, 6.45) is 5.73. The number of piperidine rings is 1. The quantitative estimate of drug-likeness (QED) is 0.735. The molecular formula is C24H31N3O4. The van der Waals surface area contributed by atoms with E-state index in [1.807, 2.05) is 18.2 Å². The van der Waals surface area contributed by atoms with Gasteiger partial charge in [0.1, 0.15) is 11.5 Å². The highest BCUT2D eigenvalue weighted by molar-refractivity contribution is 5.41. The van der Waals surface area contributed by atoms with Crippen LogP contribution in [0.5, 0.6) is 11.5 Å². The van der Waals surface area contributed by atoms with Gasteiger partial charge in [0, 0.05) is 42.2 Å². The van der Waals surface area contributed by atoms with Crippen LogP contribution < -0.4 is 15.0 Å². The van der Waals surface area contributed by atoms with Crippen molar-refractivity contribution in [2.45, 2.75) is 75.2 Å². The molecule has 0 amide bonds. The Hall–Kier alpha value is -2.38. The van der Waals surface area contributed by atoms with Gasteiger partial charge < -0.3 is 14.6 Å². The zero-order valence-corrected chi connectivity index (χ0v) is 18.3. The molecule has 0 radical (unpaired) electrons. The molecule has 1 N–H and O–H groups in total. The van der Waals surface area contributed by atoms with Crippen LogP contribution in [-0.2, 0) is 13.1 Å². The third-order valence-corrected chi connectivity index (χ3v) is 7.18. The molecule has 1 saturated carbocycles. The second-order valence-electron chi connectivity index (χ2n) is 9.40. The van der Waals surface area contributed by atoms with Crippen molar-refractivity contribution in [2.75, 3.05) is 14.2 Å². The number of aromatic nitrogens is 2. The van der Waals surface area contributed by atoms with Gasteiger partial charge in [0.15, 0.2) is 0 Å². The number of hydrogen-bond acceptors (Lipinski definition) is 6. The molecule has 2 atom stereocenters. The van der Waals surface area contributed by atoms with Gasteiger partial charge in [-0.25, -0.2) is 4.68 Å². The largest absolute Gasteiger partial charge is 0.497 e. The fraction of sp³-hybridized carbons (Fsp3) is 0.583. The SMILES string of the molecule is COc1ccc(CN2C3CCC2CC(O)(Cn2nc(C4CC4)ccc2=O)C3)c(OC)c1. The number of hydrogen-bond donors (Lipinski definition) is 1. The lowest BCUT2D eigenvalue weighted by molar-refractivity contribution is -0.0679. The number of aliphatic hydroxyl groups is 1. The monoisotopic (exact) mass is 425 g/mol. The van der Waals surface area contributed by atoms with Crippen molar-refractivity contribution in [3.05, 3.63) is 51.9 Å². The summed E-state index contributed by atoms with van der Waals surface area (Å²) < 4.78 is 12.4. The molecule has 2 bridgehead atoms. The van der Waals surface area contributed by atoms with E-state index in [-0.39, 0.29) is 24.2 Å². The van der Waals surface area contributed by atoms with Gasteiger partial charge in [-0.15, -0.1) is 0 Å². The smallest absolute Gasteiger partial charge is 0.266 e. The highest BCUT2D eigenvalue weighted by atomic mass is 16.5. The molecule has 2 aromatic rings. The van der Waals surface area contributed by atoms with E-state index >= 15 is 0 Å². The lowest BCUT2D eigenvalue weighted by Gasteiger charge is -2.44. The second kappa shape index (κ2) is 7.95. The van der Waals surface area contributed by atoms with Crippen LogP contribution in [0.3, 0.4) is 0 Å². The maximum atomic E-state index is 12.4. The van der Waals surface area contributed by atoms with Crippen molar-refractivity contribution in [3.8, 4) is 11.5 Å². The lowest BCUT2D eigenvalue weighted by atomic mass is 9.85. The fourth-order valence-corrected chi connectivity index (χ4v) is 5.43. The number of ether oxygens (including phenoxy) is 2. The third kappa shape index (κ3) is 4.08. The minimum atomic E-state index is -0.897. The first-order valence-corrected chi connectivity index (χ1v) is 11.2. The average Bonchev–Trinajstić information content (AvgIpc) is 3.57. The van der Waals surface area contributed by atoms with E-state index in [2.05, 4.69) is 16.1 Å². The lowest BCUT2D eigenvalue weighted by Crippen LogP contribution is -2.53. The Morgan fingerprint density at radius 1 is 1.06 bits per heavy atom. The van der Waals surface area contributed by atoms with Crippen LogP contribution in [0.2, 0.25) is 0 Å². The molecule has 2 unspecified atom stereocenters. The highest BCUT2D eigenvalue weighted by Gasteiger charge is 2.48. The normalized spacial score (nSPS) is 28.0. The van der Waals surface area contributed by atoms with Crippen LogP contribution in [0.25, 0.3) is 0 Å². The summed E-state index contributed by atoms with van der Waals surface area (Å²) in [6.45, 7) is 1.06. The van der Waals surface area contributed by atoms with Gasteiger partial charge in [-0.3, -0.25) is 9.69 Å². The Bertz CT molecular complexity index is 1000. The summed E-state index contributed by atoms with van der Waals surface area (Å²) in [5.41, 5.74) is 1.08. The van der Waals surface area contributed by atoms with Gasteiger partial charge in [-0.2, -0.15) is 5.10 Å². The number of nitrogens with zero attached hydrogens (tertiary/aromatic N) is 3. The fourth-order valence-electron chi connectivity index (χ4n) is 5.43. The molecule has 31 heavy (non-hydrogen) atoms. The molecule has 1 aliphatic carbocycles. The first-order valence-electron chi connectivity index (χ1n) is 11.2. The van der Waals surface area contributed by atoms with Crippen LogP contribution in [0.15, 0.2) is 35.1 Å². The molecular weight excluding hydrogens is 394 g/mol. The standard InChI is InChI=1S/C24H31N3O4/c1-30-20-8-5-17(22(11-20)31-2)14-26-18-6-7-19(26)13-24(29,12-18)15-27-23(28)10-9-21(25-27)16-3-4-16/h5,8-11,16,18-19,29H,3-4,6-7,12-15H2,1-2H3. The van der Waals surface area contributed by atoms with E-state index in [0.29, 0.717) is 18.8 Å². The van der Waals surface area contributed by atoms with Crippen molar-refractivity contribution in [1.82, 2.24) is 14.7 Å². The van der Waals surface area contributed by atoms with E-state index < -0.39 is 5.60 Å². The molecule has 1 aromatic heterocycles. The Labute approximate surface area is 182 Å². The maximum Gasteiger partial charge on any atom is 0.266 e. The molecule has 2 aliphatic heterocycles. The van der Waals surface area contributed by atoms with Crippen molar-refractivity contribution < 1.29 is 14.6 Å². The summed E-state index contributed by atoms with van der Waals surface area (Å²) in [4.78, 5) is 14.9. The van der Waals surface area contributed by atoms with Gasteiger partial charge in [0.2, 0.25) is 0 Å². The van der Waals surface area contributed by atoms with E-state index in [4.69, 9.17) is 9.47 Å². The number of methoxy groups -OCH3 is 2. The molecule has 3 heterocycles. The second-order valence-corrected chi connectivity index (χ2v) is 9.40. The van der Waals surface area contributed by atoms with Crippen molar-refractivity contribution in [2.24, 2.45) is 0 Å². The maximum absolute atomic E-state index is 12.4. The predicted molar refractivity (Wildman–Crippen MR) is 117 cm³/mol. The van der Waals surface area contributed by atoms with Crippen LogP contribution in [0.1, 0.15) is 55.7 Å². The van der Waals surface area contributed by atoms with Gasteiger partial charge in [0.25, 0.3) is 5.56 Å². The Balaban J connectivity index is 1.32.